The van der Waals surface area contributed by atoms with Gasteiger partial charge in [-0.1, -0.05) is 41.1 Å². The van der Waals surface area contributed by atoms with Crippen LogP contribution in [0.1, 0.15) is 24.1 Å². The molecule has 0 radical (unpaired) electrons. The third-order valence-electron chi connectivity index (χ3n) is 5.82. The van der Waals surface area contributed by atoms with Crippen LogP contribution in [0.2, 0.25) is 5.02 Å². The molecule has 0 spiro atoms. The Morgan fingerprint density at radius 3 is 2.79 bits per heavy atom. The maximum atomic E-state index is 13.7. The van der Waals surface area contributed by atoms with Gasteiger partial charge in [0.1, 0.15) is 11.8 Å². The number of esters is 1. The number of para-hydroxylation sites is 1. The summed E-state index contributed by atoms with van der Waals surface area (Å²) >= 11 is 7.57. The molecule has 1 atom stereocenters. The number of carbonyl (C=O) groups excluding carboxylic acids is 1. The molecule has 1 aliphatic heterocycles. The number of aromatic nitrogens is 2. The number of nitrogens with one attached hydrogen (secondary N) is 1. The monoisotopic (exact) mass is 493 g/mol. The smallest absolute Gasteiger partial charge is 0.338 e. The molecule has 172 valence electrons. The van der Waals surface area contributed by atoms with Crippen LogP contribution in [-0.2, 0) is 9.53 Å². The van der Waals surface area contributed by atoms with Crippen molar-refractivity contribution in [3.63, 3.8) is 0 Å². The van der Waals surface area contributed by atoms with Crippen LogP contribution >= 0.6 is 22.9 Å². The van der Waals surface area contributed by atoms with Crippen molar-refractivity contribution in [1.82, 2.24) is 9.55 Å². The molecular formula is C25H20ClN3O4S. The van der Waals surface area contributed by atoms with Gasteiger partial charge in [-0.2, -0.15) is 0 Å². The standard InChI is InChI=1S/C25H20ClN3O4S/c1-13-21(24(31)33-3)22(17-11-15(26)8-9-19(17)32-2)29-23(30)20(34-25(29)28-13)10-14-12-27-18-7-5-4-6-16(14)18/h4-12,22,27H,1-3H3/b20-10+. The van der Waals surface area contributed by atoms with E-state index < -0.39 is 12.0 Å². The molecular weight excluding hydrogens is 474 g/mol. The van der Waals surface area contributed by atoms with Gasteiger partial charge < -0.3 is 14.5 Å². The maximum Gasteiger partial charge on any atom is 0.338 e. The quantitative estimate of drug-likeness (QED) is 0.440. The summed E-state index contributed by atoms with van der Waals surface area (Å²) in [6.45, 7) is 1.73. The predicted molar refractivity (Wildman–Crippen MR) is 132 cm³/mol. The minimum atomic E-state index is -0.803. The van der Waals surface area contributed by atoms with Crippen molar-refractivity contribution in [3.8, 4) is 5.75 Å². The van der Waals surface area contributed by atoms with Gasteiger partial charge in [-0.3, -0.25) is 9.36 Å². The van der Waals surface area contributed by atoms with E-state index in [9.17, 15) is 9.59 Å². The minimum Gasteiger partial charge on any atom is -0.496 e. The molecule has 34 heavy (non-hydrogen) atoms. The van der Waals surface area contributed by atoms with E-state index in [1.165, 1.54) is 30.1 Å². The number of methoxy groups -OCH3 is 2. The van der Waals surface area contributed by atoms with E-state index in [1.807, 2.05) is 36.5 Å². The summed E-state index contributed by atoms with van der Waals surface area (Å²) in [7, 11) is 2.83. The summed E-state index contributed by atoms with van der Waals surface area (Å²) in [5.74, 6) is -0.0732. The molecule has 4 aromatic rings. The van der Waals surface area contributed by atoms with Gasteiger partial charge in [0.25, 0.3) is 5.56 Å². The number of halogens is 1. The van der Waals surface area contributed by atoms with Crippen LogP contribution in [0.15, 0.2) is 69.7 Å². The third kappa shape index (κ3) is 3.55. The summed E-state index contributed by atoms with van der Waals surface area (Å²) in [5, 5.41) is 1.46. The molecule has 9 heteroatoms. The Kier molecular flexibility index (Phi) is 5.63. The molecule has 5 rings (SSSR count). The number of thiazole rings is 1. The second-order valence-corrected chi connectivity index (χ2v) is 9.19. The van der Waals surface area contributed by atoms with Gasteiger partial charge in [-0.05, 0) is 37.3 Å². The molecule has 0 saturated carbocycles. The van der Waals surface area contributed by atoms with Crippen molar-refractivity contribution < 1.29 is 14.3 Å². The fourth-order valence-electron chi connectivity index (χ4n) is 4.26. The van der Waals surface area contributed by atoms with E-state index in [2.05, 4.69) is 9.98 Å². The first-order valence-corrected chi connectivity index (χ1v) is 11.6. The Morgan fingerprint density at radius 2 is 2.03 bits per heavy atom. The number of hydrogen-bond acceptors (Lipinski definition) is 6. The lowest BCUT2D eigenvalue weighted by atomic mass is 9.95. The van der Waals surface area contributed by atoms with Gasteiger partial charge in [0.05, 0.1) is 30.0 Å². The third-order valence-corrected chi connectivity index (χ3v) is 7.04. The molecule has 0 amide bonds. The van der Waals surface area contributed by atoms with Gasteiger partial charge >= 0.3 is 5.97 Å². The van der Waals surface area contributed by atoms with E-state index in [-0.39, 0.29) is 11.1 Å². The lowest BCUT2D eigenvalue weighted by Gasteiger charge is -2.25. The first kappa shape index (κ1) is 22.2. The number of aromatic amines is 1. The molecule has 2 aromatic carbocycles. The number of benzene rings is 2. The zero-order chi connectivity index (χ0) is 24.0. The second kappa shape index (κ2) is 8.62. The molecule has 0 bridgehead atoms. The highest BCUT2D eigenvalue weighted by atomic mass is 35.5. The highest BCUT2D eigenvalue weighted by Gasteiger charge is 2.35. The van der Waals surface area contributed by atoms with E-state index in [0.717, 1.165) is 16.5 Å². The normalized spacial score (nSPS) is 15.9. The molecule has 1 aliphatic rings. The van der Waals surface area contributed by atoms with Crippen molar-refractivity contribution in [2.75, 3.05) is 14.2 Å². The minimum absolute atomic E-state index is 0.258. The van der Waals surface area contributed by atoms with Crippen molar-refractivity contribution in [2.24, 2.45) is 4.99 Å². The van der Waals surface area contributed by atoms with E-state index in [4.69, 9.17) is 21.1 Å². The number of ether oxygens (including phenoxy) is 2. The van der Waals surface area contributed by atoms with Gasteiger partial charge in [0.15, 0.2) is 4.80 Å². The number of nitrogens with zero attached hydrogens (tertiary/aromatic N) is 2. The predicted octanol–water partition coefficient (Wildman–Crippen LogP) is 3.55. The maximum absolute atomic E-state index is 13.7. The lowest BCUT2D eigenvalue weighted by Crippen LogP contribution is -2.40. The van der Waals surface area contributed by atoms with Crippen LogP contribution < -0.4 is 19.6 Å². The Labute approximate surface area is 203 Å². The lowest BCUT2D eigenvalue weighted by molar-refractivity contribution is -0.136. The van der Waals surface area contributed by atoms with Gasteiger partial charge in [-0.25, -0.2) is 9.79 Å². The van der Waals surface area contributed by atoms with Gasteiger partial charge in [-0.15, -0.1) is 0 Å². The average molecular weight is 494 g/mol. The molecule has 7 nitrogen and oxygen atoms in total. The number of fused-ring (bicyclic) bond motifs is 2. The molecule has 0 saturated heterocycles. The highest BCUT2D eigenvalue weighted by Crippen LogP contribution is 2.37. The summed E-state index contributed by atoms with van der Waals surface area (Å²) in [6, 6.07) is 12.2. The number of H-pyrrole nitrogens is 1. The van der Waals surface area contributed by atoms with E-state index in [0.29, 0.717) is 31.4 Å². The molecule has 1 N–H and O–H groups in total. The van der Waals surface area contributed by atoms with Crippen LogP contribution in [0, 0.1) is 0 Å². The second-order valence-electron chi connectivity index (χ2n) is 7.75. The van der Waals surface area contributed by atoms with Crippen LogP contribution in [0.3, 0.4) is 0 Å². The molecule has 3 heterocycles. The Hall–Kier alpha value is -3.62. The molecule has 0 aliphatic carbocycles. The average Bonchev–Trinajstić information content (AvgIpc) is 3.38. The van der Waals surface area contributed by atoms with Crippen LogP contribution in [0.5, 0.6) is 5.75 Å². The SMILES string of the molecule is COC(=O)C1=C(C)N=c2s/c(=C/c3c[nH]c4ccccc34)c(=O)n2C1c1cc(Cl)ccc1OC. The van der Waals surface area contributed by atoms with Crippen molar-refractivity contribution in [2.45, 2.75) is 13.0 Å². The van der Waals surface area contributed by atoms with Crippen LogP contribution in [0.25, 0.3) is 17.0 Å². The molecule has 2 aromatic heterocycles. The van der Waals surface area contributed by atoms with Crippen molar-refractivity contribution in [3.05, 3.63) is 95.8 Å². The molecule has 1 unspecified atom stereocenters. The fraction of sp³-hybridized carbons (Fsp3) is 0.160. The summed E-state index contributed by atoms with van der Waals surface area (Å²) in [4.78, 5) is 34.9. The number of rotatable bonds is 4. The first-order valence-electron chi connectivity index (χ1n) is 10.4. The Balaban J connectivity index is 1.80. The van der Waals surface area contributed by atoms with E-state index in [1.54, 1.807) is 25.1 Å². The van der Waals surface area contributed by atoms with Crippen molar-refractivity contribution >= 4 is 45.9 Å². The summed E-state index contributed by atoms with van der Waals surface area (Å²) < 4.78 is 12.6. The largest absolute Gasteiger partial charge is 0.496 e. The summed E-state index contributed by atoms with van der Waals surface area (Å²) in [6.07, 6.45) is 3.71. The highest BCUT2D eigenvalue weighted by molar-refractivity contribution is 7.07. The number of hydrogen-bond donors (Lipinski definition) is 1. The number of allylic oxidation sites excluding steroid dienone is 1. The van der Waals surface area contributed by atoms with Gasteiger partial charge in [0.2, 0.25) is 0 Å². The zero-order valence-corrected chi connectivity index (χ0v) is 20.2. The topological polar surface area (TPSA) is 85.7 Å². The van der Waals surface area contributed by atoms with Crippen LogP contribution in [-0.4, -0.2) is 29.7 Å². The van der Waals surface area contributed by atoms with Gasteiger partial charge in [0, 0.05) is 33.2 Å². The molecule has 0 fully saturated rings. The fourth-order valence-corrected chi connectivity index (χ4v) is 5.48. The first-order chi connectivity index (χ1) is 16.4. The summed E-state index contributed by atoms with van der Waals surface area (Å²) in [5.41, 5.74) is 2.90. The Morgan fingerprint density at radius 1 is 1.24 bits per heavy atom. The van der Waals surface area contributed by atoms with Crippen LogP contribution in [0.4, 0.5) is 0 Å². The van der Waals surface area contributed by atoms with Crippen molar-refractivity contribution in [1.29, 1.82) is 0 Å². The van der Waals surface area contributed by atoms with E-state index >= 15 is 0 Å². The Bertz CT molecular complexity index is 1660. The zero-order valence-electron chi connectivity index (χ0n) is 18.6. The number of carbonyl (C=O) groups is 1.